The van der Waals surface area contributed by atoms with Crippen molar-refractivity contribution in [2.75, 3.05) is 6.61 Å². The second-order valence-electron chi connectivity index (χ2n) is 7.12. The van der Waals surface area contributed by atoms with Crippen LogP contribution in [0.15, 0.2) is 60.9 Å². The predicted octanol–water partition coefficient (Wildman–Crippen LogP) is 4.42. The van der Waals surface area contributed by atoms with Gasteiger partial charge in [0.25, 0.3) is 0 Å². The standard InChI is InChI=1S/C24H21NO4/c1-16(26)2-3-17-4-7-22(8-5-17)29-24(27)21-13-20(14-25-15-21)18-6-9-23-19(12-18)10-11-28-23/h4-9,12-15H,2-3,10-11H2,1H3. The molecule has 1 aliphatic rings. The molecule has 1 aromatic heterocycles. The molecule has 2 heterocycles. The summed E-state index contributed by atoms with van der Waals surface area (Å²) in [6.07, 6.45) is 5.32. The average molecular weight is 387 g/mol. The van der Waals surface area contributed by atoms with Crippen LogP contribution in [0.1, 0.15) is 34.8 Å². The smallest absolute Gasteiger partial charge is 0.345 e. The molecule has 0 N–H and O–H groups in total. The number of aryl methyl sites for hydroxylation is 1. The van der Waals surface area contributed by atoms with Crippen molar-refractivity contribution in [2.24, 2.45) is 0 Å². The van der Waals surface area contributed by atoms with Crippen LogP contribution in [0, 0.1) is 0 Å². The first kappa shape index (κ1) is 18.9. The molecule has 4 rings (SSSR count). The predicted molar refractivity (Wildman–Crippen MR) is 109 cm³/mol. The number of Topliss-reactive ketones (excluding diaryl/α,β-unsaturated/α-hetero) is 1. The van der Waals surface area contributed by atoms with Crippen molar-refractivity contribution in [1.82, 2.24) is 4.98 Å². The highest BCUT2D eigenvalue weighted by Crippen LogP contribution is 2.30. The van der Waals surface area contributed by atoms with Crippen LogP contribution in [-0.4, -0.2) is 23.3 Å². The van der Waals surface area contributed by atoms with Crippen LogP contribution in [0.4, 0.5) is 0 Å². The third-order valence-corrected chi connectivity index (χ3v) is 4.90. The van der Waals surface area contributed by atoms with Gasteiger partial charge in [0.1, 0.15) is 17.3 Å². The number of nitrogens with zero attached hydrogens (tertiary/aromatic N) is 1. The summed E-state index contributed by atoms with van der Waals surface area (Å²) in [5.74, 6) is 1.08. The Morgan fingerprint density at radius 1 is 1.03 bits per heavy atom. The van der Waals surface area contributed by atoms with Crippen LogP contribution >= 0.6 is 0 Å². The van der Waals surface area contributed by atoms with Crippen LogP contribution < -0.4 is 9.47 Å². The molecule has 0 saturated carbocycles. The Morgan fingerprint density at radius 3 is 2.66 bits per heavy atom. The molecule has 0 saturated heterocycles. The van der Waals surface area contributed by atoms with Gasteiger partial charge in [0, 0.05) is 30.8 Å². The number of hydrogen-bond donors (Lipinski definition) is 0. The van der Waals surface area contributed by atoms with Crippen LogP contribution in [0.2, 0.25) is 0 Å². The summed E-state index contributed by atoms with van der Waals surface area (Å²) in [6, 6.07) is 15.0. The number of ether oxygens (including phenoxy) is 2. The van der Waals surface area contributed by atoms with E-state index in [9.17, 15) is 9.59 Å². The molecule has 5 nitrogen and oxygen atoms in total. The Kier molecular flexibility index (Phi) is 5.38. The van der Waals surface area contributed by atoms with E-state index in [-0.39, 0.29) is 5.78 Å². The number of esters is 1. The van der Waals surface area contributed by atoms with Gasteiger partial charge in [0.2, 0.25) is 0 Å². The maximum absolute atomic E-state index is 12.6. The first-order valence-electron chi connectivity index (χ1n) is 9.60. The van der Waals surface area contributed by atoms with E-state index in [1.807, 2.05) is 24.3 Å². The second-order valence-corrected chi connectivity index (χ2v) is 7.12. The highest BCUT2D eigenvalue weighted by Gasteiger charge is 2.15. The van der Waals surface area contributed by atoms with Crippen LogP contribution in [0.25, 0.3) is 11.1 Å². The molecule has 0 fully saturated rings. The van der Waals surface area contributed by atoms with E-state index in [1.165, 1.54) is 11.8 Å². The van der Waals surface area contributed by atoms with Gasteiger partial charge in [-0.1, -0.05) is 18.2 Å². The number of rotatable bonds is 6. The van der Waals surface area contributed by atoms with Gasteiger partial charge in [0.15, 0.2) is 0 Å². The molecule has 0 aliphatic carbocycles. The first-order valence-corrected chi connectivity index (χ1v) is 9.60. The lowest BCUT2D eigenvalue weighted by atomic mass is 10.0. The summed E-state index contributed by atoms with van der Waals surface area (Å²) in [5, 5.41) is 0. The molecular formula is C24H21NO4. The van der Waals surface area contributed by atoms with Gasteiger partial charge in [-0.05, 0) is 60.4 Å². The van der Waals surface area contributed by atoms with Crippen molar-refractivity contribution in [3.63, 3.8) is 0 Å². The highest BCUT2D eigenvalue weighted by molar-refractivity contribution is 5.92. The molecule has 1 aliphatic heterocycles. The summed E-state index contributed by atoms with van der Waals surface area (Å²) in [7, 11) is 0. The molecular weight excluding hydrogens is 366 g/mol. The van der Waals surface area contributed by atoms with Crippen molar-refractivity contribution in [2.45, 2.75) is 26.2 Å². The lowest BCUT2D eigenvalue weighted by Crippen LogP contribution is -2.09. The third kappa shape index (κ3) is 4.51. The minimum atomic E-state index is -0.458. The van der Waals surface area contributed by atoms with E-state index in [4.69, 9.17) is 9.47 Å². The molecule has 5 heteroatoms. The normalized spacial score (nSPS) is 12.2. The third-order valence-electron chi connectivity index (χ3n) is 4.90. The summed E-state index contributed by atoms with van der Waals surface area (Å²) < 4.78 is 11.0. The Labute approximate surface area is 169 Å². The maximum atomic E-state index is 12.6. The zero-order chi connectivity index (χ0) is 20.2. The minimum Gasteiger partial charge on any atom is -0.493 e. The molecule has 0 atom stereocenters. The molecule has 146 valence electrons. The summed E-state index contributed by atoms with van der Waals surface area (Å²) in [4.78, 5) is 27.9. The quantitative estimate of drug-likeness (QED) is 0.463. The molecule has 3 aromatic rings. The zero-order valence-electron chi connectivity index (χ0n) is 16.2. The van der Waals surface area contributed by atoms with E-state index < -0.39 is 5.97 Å². The molecule has 0 amide bonds. The number of fused-ring (bicyclic) bond motifs is 1. The van der Waals surface area contributed by atoms with Gasteiger partial charge >= 0.3 is 5.97 Å². The number of pyridine rings is 1. The fourth-order valence-electron chi connectivity index (χ4n) is 3.29. The van der Waals surface area contributed by atoms with Crippen molar-refractivity contribution in [3.05, 3.63) is 77.6 Å². The van der Waals surface area contributed by atoms with Gasteiger partial charge < -0.3 is 14.3 Å². The van der Waals surface area contributed by atoms with Gasteiger partial charge in [-0.25, -0.2) is 4.79 Å². The molecule has 0 bridgehead atoms. The van der Waals surface area contributed by atoms with Crippen LogP contribution in [0.5, 0.6) is 11.5 Å². The molecule has 0 radical (unpaired) electrons. The van der Waals surface area contributed by atoms with Gasteiger partial charge in [-0.3, -0.25) is 4.98 Å². The second kappa shape index (κ2) is 8.27. The number of hydrogen-bond acceptors (Lipinski definition) is 5. The SMILES string of the molecule is CC(=O)CCc1ccc(OC(=O)c2cncc(-c3ccc4c(c3)CCO4)c2)cc1. The molecule has 2 aromatic carbocycles. The topological polar surface area (TPSA) is 65.5 Å². The lowest BCUT2D eigenvalue weighted by molar-refractivity contribution is -0.116. The largest absolute Gasteiger partial charge is 0.493 e. The van der Waals surface area contributed by atoms with Gasteiger partial charge in [-0.15, -0.1) is 0 Å². The average Bonchev–Trinajstić information content (AvgIpc) is 3.21. The minimum absolute atomic E-state index is 0.156. The molecule has 29 heavy (non-hydrogen) atoms. The number of carbonyl (C=O) groups excluding carboxylic acids is 2. The number of benzene rings is 2. The Morgan fingerprint density at radius 2 is 1.86 bits per heavy atom. The van der Waals surface area contributed by atoms with Gasteiger partial charge in [0.05, 0.1) is 12.2 Å². The lowest BCUT2D eigenvalue weighted by Gasteiger charge is -2.08. The van der Waals surface area contributed by atoms with Crippen molar-refractivity contribution >= 4 is 11.8 Å². The van der Waals surface area contributed by atoms with Crippen molar-refractivity contribution in [3.8, 4) is 22.6 Å². The fourth-order valence-corrected chi connectivity index (χ4v) is 3.29. The Hall–Kier alpha value is -3.47. The summed E-state index contributed by atoms with van der Waals surface area (Å²) in [6.45, 7) is 2.28. The summed E-state index contributed by atoms with van der Waals surface area (Å²) in [5.41, 5.74) is 4.43. The van der Waals surface area contributed by atoms with E-state index in [2.05, 4.69) is 11.1 Å². The van der Waals surface area contributed by atoms with Crippen molar-refractivity contribution in [1.29, 1.82) is 0 Å². The van der Waals surface area contributed by atoms with E-state index in [1.54, 1.807) is 31.3 Å². The monoisotopic (exact) mass is 387 g/mol. The Bertz CT molecular complexity index is 1060. The van der Waals surface area contributed by atoms with Crippen LogP contribution in [0.3, 0.4) is 0 Å². The number of carbonyl (C=O) groups is 2. The van der Waals surface area contributed by atoms with E-state index in [0.29, 0.717) is 30.8 Å². The van der Waals surface area contributed by atoms with Gasteiger partial charge in [-0.2, -0.15) is 0 Å². The summed E-state index contributed by atoms with van der Waals surface area (Å²) >= 11 is 0. The highest BCUT2D eigenvalue weighted by atomic mass is 16.5. The number of ketones is 1. The van der Waals surface area contributed by atoms with Crippen LogP contribution in [-0.2, 0) is 17.6 Å². The fraction of sp³-hybridized carbons (Fsp3) is 0.208. The maximum Gasteiger partial charge on any atom is 0.345 e. The van der Waals surface area contributed by atoms with E-state index >= 15 is 0 Å². The molecule has 0 spiro atoms. The number of aromatic nitrogens is 1. The van der Waals surface area contributed by atoms with Crippen molar-refractivity contribution < 1.29 is 19.1 Å². The molecule has 0 unspecified atom stereocenters. The zero-order valence-corrected chi connectivity index (χ0v) is 16.2. The Balaban J connectivity index is 1.47. The van der Waals surface area contributed by atoms with E-state index in [0.717, 1.165) is 28.9 Å². The first-order chi connectivity index (χ1) is 14.1.